The maximum atomic E-state index is 11.9. The number of ether oxygens (including phenoxy) is 1. The van der Waals surface area contributed by atoms with Crippen LogP contribution in [0.4, 0.5) is 20.4 Å². The van der Waals surface area contributed by atoms with Crippen LogP contribution in [-0.2, 0) is 4.74 Å². The fourth-order valence-corrected chi connectivity index (χ4v) is 1.40. The highest BCUT2D eigenvalue weighted by molar-refractivity contribution is 5.54. The van der Waals surface area contributed by atoms with Crippen LogP contribution < -0.4 is 11.1 Å². The molecule has 19 heavy (non-hydrogen) atoms. The minimum atomic E-state index is -2.44. The van der Waals surface area contributed by atoms with Gasteiger partial charge in [-0.05, 0) is 6.92 Å². The Morgan fingerprint density at radius 1 is 1.32 bits per heavy atom. The number of hydrogen-bond acceptors (Lipinski definition) is 5. The molecule has 7 heteroatoms. The lowest BCUT2D eigenvalue weighted by molar-refractivity contribution is 0.0214. The summed E-state index contributed by atoms with van der Waals surface area (Å²) in [5, 5.41) is 3.02. The Hall–Kier alpha value is -1.50. The molecule has 0 spiro atoms. The standard InChI is InChI=1S/C12H20F2N4O/c1-7(2)11-17-10(15)8(3)12(18-11)16-4-5-19-6-9(13)14/h7,9H,4-6H2,1-3H3,(H3,15,16,17,18). The lowest BCUT2D eigenvalue weighted by atomic mass is 10.2. The fraction of sp³-hybridized carbons (Fsp3) is 0.667. The first kappa shape index (κ1) is 15.6. The Morgan fingerprint density at radius 3 is 2.58 bits per heavy atom. The van der Waals surface area contributed by atoms with E-state index in [0.717, 1.165) is 5.56 Å². The van der Waals surface area contributed by atoms with Crippen molar-refractivity contribution in [1.82, 2.24) is 9.97 Å². The van der Waals surface area contributed by atoms with E-state index in [1.807, 2.05) is 20.8 Å². The minimum Gasteiger partial charge on any atom is -0.383 e. The van der Waals surface area contributed by atoms with E-state index in [1.165, 1.54) is 0 Å². The van der Waals surface area contributed by atoms with Crippen molar-refractivity contribution in [3.63, 3.8) is 0 Å². The summed E-state index contributed by atoms with van der Waals surface area (Å²) in [7, 11) is 0. The Kier molecular flexibility index (Phi) is 5.88. The van der Waals surface area contributed by atoms with Gasteiger partial charge >= 0.3 is 0 Å². The van der Waals surface area contributed by atoms with Gasteiger partial charge in [0.25, 0.3) is 6.43 Å². The van der Waals surface area contributed by atoms with E-state index in [-0.39, 0.29) is 12.5 Å². The van der Waals surface area contributed by atoms with E-state index in [4.69, 9.17) is 10.5 Å². The van der Waals surface area contributed by atoms with Crippen molar-refractivity contribution in [3.05, 3.63) is 11.4 Å². The van der Waals surface area contributed by atoms with Crippen LogP contribution in [0.2, 0.25) is 0 Å². The van der Waals surface area contributed by atoms with Crippen molar-refractivity contribution in [2.45, 2.75) is 33.1 Å². The molecule has 0 aliphatic rings. The topological polar surface area (TPSA) is 73.1 Å². The van der Waals surface area contributed by atoms with E-state index >= 15 is 0 Å². The van der Waals surface area contributed by atoms with E-state index in [9.17, 15) is 8.78 Å². The third-order valence-electron chi connectivity index (χ3n) is 2.50. The Morgan fingerprint density at radius 2 is 2.00 bits per heavy atom. The Balaban J connectivity index is 2.57. The fourth-order valence-electron chi connectivity index (χ4n) is 1.40. The highest BCUT2D eigenvalue weighted by atomic mass is 19.3. The number of nitrogens with one attached hydrogen (secondary N) is 1. The normalized spacial score (nSPS) is 11.3. The molecule has 0 aromatic carbocycles. The molecule has 1 heterocycles. The van der Waals surface area contributed by atoms with E-state index in [2.05, 4.69) is 15.3 Å². The summed E-state index contributed by atoms with van der Waals surface area (Å²) in [6.07, 6.45) is -2.44. The van der Waals surface area contributed by atoms with Gasteiger partial charge < -0.3 is 15.8 Å². The van der Waals surface area contributed by atoms with Gasteiger partial charge in [-0.25, -0.2) is 18.7 Å². The molecule has 108 valence electrons. The van der Waals surface area contributed by atoms with Gasteiger partial charge in [0.05, 0.1) is 6.61 Å². The van der Waals surface area contributed by atoms with Crippen molar-refractivity contribution in [1.29, 1.82) is 0 Å². The molecule has 0 atom stereocenters. The van der Waals surface area contributed by atoms with Crippen LogP contribution >= 0.6 is 0 Å². The quantitative estimate of drug-likeness (QED) is 0.746. The summed E-state index contributed by atoms with van der Waals surface area (Å²) < 4.78 is 28.5. The smallest absolute Gasteiger partial charge is 0.261 e. The Bertz CT molecular complexity index is 413. The molecular formula is C12H20F2N4O. The summed E-state index contributed by atoms with van der Waals surface area (Å²) >= 11 is 0. The predicted molar refractivity (Wildman–Crippen MR) is 70.6 cm³/mol. The first-order chi connectivity index (χ1) is 8.91. The monoisotopic (exact) mass is 274 g/mol. The van der Waals surface area contributed by atoms with E-state index in [1.54, 1.807) is 0 Å². The molecule has 0 aliphatic heterocycles. The third-order valence-corrected chi connectivity index (χ3v) is 2.50. The minimum absolute atomic E-state index is 0.165. The van der Waals surface area contributed by atoms with Crippen LogP contribution in [0.1, 0.15) is 31.2 Å². The van der Waals surface area contributed by atoms with Crippen molar-refractivity contribution in [2.75, 3.05) is 30.8 Å². The summed E-state index contributed by atoms with van der Waals surface area (Å²) in [6, 6.07) is 0. The van der Waals surface area contributed by atoms with Crippen LogP contribution in [-0.4, -0.2) is 36.2 Å². The number of alkyl halides is 2. The summed E-state index contributed by atoms with van der Waals surface area (Å²) in [6.45, 7) is 5.77. The lowest BCUT2D eigenvalue weighted by Gasteiger charge is -2.13. The summed E-state index contributed by atoms with van der Waals surface area (Å²) in [5.41, 5.74) is 6.56. The highest BCUT2D eigenvalue weighted by Crippen LogP contribution is 2.20. The van der Waals surface area contributed by atoms with Crippen LogP contribution in [0.25, 0.3) is 0 Å². The van der Waals surface area contributed by atoms with Crippen LogP contribution in [0.3, 0.4) is 0 Å². The second kappa shape index (κ2) is 7.18. The molecule has 0 bridgehead atoms. The molecule has 0 saturated carbocycles. The van der Waals surface area contributed by atoms with Crippen molar-refractivity contribution >= 4 is 11.6 Å². The molecule has 0 fully saturated rings. The number of nitrogens with two attached hydrogens (primary N) is 1. The van der Waals surface area contributed by atoms with Gasteiger partial charge in [-0.3, -0.25) is 0 Å². The van der Waals surface area contributed by atoms with Gasteiger partial charge in [0, 0.05) is 18.0 Å². The number of anilines is 2. The maximum Gasteiger partial charge on any atom is 0.261 e. The number of nitrogen functional groups attached to an aromatic ring is 1. The highest BCUT2D eigenvalue weighted by Gasteiger charge is 2.10. The number of aromatic nitrogens is 2. The molecule has 0 amide bonds. The van der Waals surface area contributed by atoms with E-state index < -0.39 is 13.0 Å². The molecule has 1 aromatic heterocycles. The SMILES string of the molecule is Cc1c(N)nc(C(C)C)nc1NCCOCC(F)F. The van der Waals surface area contributed by atoms with Gasteiger partial charge in [0.2, 0.25) is 0 Å². The zero-order valence-electron chi connectivity index (χ0n) is 11.4. The number of halogens is 2. The summed E-state index contributed by atoms with van der Waals surface area (Å²) in [4.78, 5) is 8.56. The van der Waals surface area contributed by atoms with E-state index in [0.29, 0.717) is 24.0 Å². The van der Waals surface area contributed by atoms with Gasteiger partial charge in [-0.1, -0.05) is 13.8 Å². The zero-order chi connectivity index (χ0) is 14.4. The number of nitrogens with zero attached hydrogens (tertiary/aromatic N) is 2. The molecule has 1 aromatic rings. The second-order valence-electron chi connectivity index (χ2n) is 4.49. The van der Waals surface area contributed by atoms with Crippen molar-refractivity contribution < 1.29 is 13.5 Å². The average molecular weight is 274 g/mol. The second-order valence-corrected chi connectivity index (χ2v) is 4.49. The van der Waals surface area contributed by atoms with Crippen LogP contribution in [0, 0.1) is 6.92 Å². The van der Waals surface area contributed by atoms with Gasteiger partial charge in [0.1, 0.15) is 24.1 Å². The molecule has 3 N–H and O–H groups in total. The largest absolute Gasteiger partial charge is 0.383 e. The lowest BCUT2D eigenvalue weighted by Crippen LogP contribution is -2.16. The molecule has 0 radical (unpaired) electrons. The van der Waals surface area contributed by atoms with Crippen LogP contribution in [0.15, 0.2) is 0 Å². The number of rotatable bonds is 7. The van der Waals surface area contributed by atoms with Crippen molar-refractivity contribution in [2.24, 2.45) is 0 Å². The van der Waals surface area contributed by atoms with Gasteiger partial charge in [-0.2, -0.15) is 0 Å². The molecule has 1 rings (SSSR count). The van der Waals surface area contributed by atoms with Crippen molar-refractivity contribution in [3.8, 4) is 0 Å². The molecule has 5 nitrogen and oxygen atoms in total. The molecular weight excluding hydrogens is 254 g/mol. The summed E-state index contributed by atoms with van der Waals surface area (Å²) in [5.74, 6) is 1.86. The molecule has 0 saturated heterocycles. The van der Waals surface area contributed by atoms with Gasteiger partial charge in [-0.15, -0.1) is 0 Å². The third kappa shape index (κ3) is 4.94. The predicted octanol–water partition coefficient (Wildman–Crippen LogP) is 2.18. The Labute approximate surface area is 111 Å². The molecule has 0 aliphatic carbocycles. The average Bonchev–Trinajstić information content (AvgIpc) is 2.33. The number of hydrogen-bond donors (Lipinski definition) is 2. The maximum absolute atomic E-state index is 11.9. The first-order valence-corrected chi connectivity index (χ1v) is 6.15. The van der Waals surface area contributed by atoms with Gasteiger partial charge in [0.15, 0.2) is 0 Å². The molecule has 0 unspecified atom stereocenters. The first-order valence-electron chi connectivity index (χ1n) is 6.15. The zero-order valence-corrected chi connectivity index (χ0v) is 11.4. The van der Waals surface area contributed by atoms with Crippen LogP contribution in [0.5, 0.6) is 0 Å².